The molecule has 6 nitrogen and oxygen atoms in total. The summed E-state index contributed by atoms with van der Waals surface area (Å²) in [5.41, 5.74) is 0.924. The van der Waals surface area contributed by atoms with Crippen LogP contribution in [0.1, 0.15) is 25.3 Å². The highest BCUT2D eigenvalue weighted by atomic mass is 16.2. The van der Waals surface area contributed by atoms with Gasteiger partial charge in [-0.3, -0.25) is 14.5 Å². The SMILES string of the molecule is CC(=O)N1CCC2(CC1)N(Cc1ccccc1)C(=O)[C@H]1CN(C)CCN12. The van der Waals surface area contributed by atoms with E-state index in [9.17, 15) is 9.59 Å². The van der Waals surface area contributed by atoms with Gasteiger partial charge < -0.3 is 14.7 Å². The molecule has 0 N–H and O–H groups in total. The Kier molecular flexibility index (Phi) is 4.49. The van der Waals surface area contributed by atoms with E-state index in [1.807, 2.05) is 23.1 Å². The molecule has 1 atom stereocenters. The first-order valence-electron chi connectivity index (χ1n) is 9.57. The fourth-order valence-electron chi connectivity index (χ4n) is 4.90. The fraction of sp³-hybridized carbons (Fsp3) is 0.600. The van der Waals surface area contributed by atoms with E-state index in [-0.39, 0.29) is 23.5 Å². The molecule has 1 aromatic rings. The Hall–Kier alpha value is -1.92. The molecular weight excluding hydrogens is 328 g/mol. The summed E-state index contributed by atoms with van der Waals surface area (Å²) in [6.45, 7) is 6.44. The normalized spacial score (nSPS) is 26.4. The van der Waals surface area contributed by atoms with Crippen LogP contribution < -0.4 is 0 Å². The van der Waals surface area contributed by atoms with Crippen molar-refractivity contribution in [1.82, 2.24) is 19.6 Å². The first-order chi connectivity index (χ1) is 12.5. The van der Waals surface area contributed by atoms with E-state index in [1.54, 1.807) is 6.92 Å². The van der Waals surface area contributed by atoms with Gasteiger partial charge in [0, 0.05) is 59.0 Å². The lowest BCUT2D eigenvalue weighted by Crippen LogP contribution is -2.63. The van der Waals surface area contributed by atoms with E-state index in [0.29, 0.717) is 6.54 Å². The van der Waals surface area contributed by atoms with Gasteiger partial charge in [-0.1, -0.05) is 30.3 Å². The van der Waals surface area contributed by atoms with Crippen LogP contribution in [0.15, 0.2) is 30.3 Å². The highest BCUT2D eigenvalue weighted by molar-refractivity contribution is 5.86. The van der Waals surface area contributed by atoms with E-state index >= 15 is 0 Å². The van der Waals surface area contributed by atoms with Crippen molar-refractivity contribution in [3.8, 4) is 0 Å². The molecule has 4 rings (SSSR count). The third-order valence-corrected chi connectivity index (χ3v) is 6.36. The number of benzene rings is 1. The van der Waals surface area contributed by atoms with E-state index in [0.717, 1.165) is 45.6 Å². The second kappa shape index (κ2) is 6.67. The molecule has 0 aliphatic carbocycles. The van der Waals surface area contributed by atoms with E-state index in [1.165, 1.54) is 5.56 Å². The predicted molar refractivity (Wildman–Crippen MR) is 99.2 cm³/mol. The zero-order valence-corrected chi connectivity index (χ0v) is 15.7. The molecule has 3 aliphatic rings. The predicted octanol–water partition coefficient (Wildman–Crippen LogP) is 0.983. The number of carbonyl (C=O) groups is 2. The first-order valence-corrected chi connectivity index (χ1v) is 9.57. The molecule has 3 aliphatic heterocycles. The summed E-state index contributed by atoms with van der Waals surface area (Å²) in [4.78, 5) is 33.9. The molecule has 3 saturated heterocycles. The van der Waals surface area contributed by atoms with Crippen molar-refractivity contribution in [2.24, 2.45) is 0 Å². The molecule has 6 heteroatoms. The summed E-state index contributed by atoms with van der Waals surface area (Å²) in [5, 5.41) is 0. The van der Waals surface area contributed by atoms with Gasteiger partial charge in [-0.15, -0.1) is 0 Å². The van der Waals surface area contributed by atoms with Crippen LogP contribution in [-0.4, -0.2) is 82.9 Å². The third-order valence-electron chi connectivity index (χ3n) is 6.36. The van der Waals surface area contributed by atoms with Crippen LogP contribution >= 0.6 is 0 Å². The number of hydrogen-bond donors (Lipinski definition) is 0. The van der Waals surface area contributed by atoms with Crippen molar-refractivity contribution < 1.29 is 9.59 Å². The zero-order valence-electron chi connectivity index (χ0n) is 15.7. The minimum absolute atomic E-state index is 0.0543. The fourth-order valence-corrected chi connectivity index (χ4v) is 4.90. The molecule has 140 valence electrons. The lowest BCUT2D eigenvalue weighted by molar-refractivity contribution is -0.138. The number of likely N-dealkylation sites (tertiary alicyclic amines) is 1. The zero-order chi connectivity index (χ0) is 18.3. The Balaban J connectivity index is 1.65. The minimum atomic E-state index is -0.245. The van der Waals surface area contributed by atoms with Crippen LogP contribution in [0.4, 0.5) is 0 Å². The second-order valence-corrected chi connectivity index (χ2v) is 7.87. The quantitative estimate of drug-likeness (QED) is 0.793. The molecule has 2 amide bonds. The van der Waals surface area contributed by atoms with Crippen molar-refractivity contribution in [2.75, 3.05) is 39.8 Å². The van der Waals surface area contributed by atoms with Crippen molar-refractivity contribution >= 4 is 11.8 Å². The van der Waals surface area contributed by atoms with E-state index in [2.05, 4.69) is 33.9 Å². The number of carbonyl (C=O) groups excluding carboxylic acids is 2. The molecule has 3 heterocycles. The summed E-state index contributed by atoms with van der Waals surface area (Å²) in [6.07, 6.45) is 1.68. The Morgan fingerprint density at radius 1 is 1.12 bits per heavy atom. The molecule has 0 aromatic heterocycles. The molecule has 0 saturated carbocycles. The number of fused-ring (bicyclic) bond motifs is 2. The van der Waals surface area contributed by atoms with Gasteiger partial charge in [-0.05, 0) is 12.6 Å². The van der Waals surface area contributed by atoms with Gasteiger partial charge in [0.25, 0.3) is 0 Å². The highest BCUT2D eigenvalue weighted by Crippen LogP contribution is 2.42. The number of likely N-dealkylation sites (N-methyl/N-ethyl adjacent to an activating group) is 1. The maximum absolute atomic E-state index is 13.4. The Bertz CT molecular complexity index is 684. The van der Waals surface area contributed by atoms with Gasteiger partial charge in [0.05, 0.1) is 0 Å². The molecule has 1 aromatic carbocycles. The number of amides is 2. The van der Waals surface area contributed by atoms with E-state index in [4.69, 9.17) is 0 Å². The number of rotatable bonds is 2. The topological polar surface area (TPSA) is 47.1 Å². The van der Waals surface area contributed by atoms with Gasteiger partial charge >= 0.3 is 0 Å². The summed E-state index contributed by atoms with van der Waals surface area (Å²) >= 11 is 0. The molecular formula is C20H28N4O2. The first kappa shape index (κ1) is 17.5. The lowest BCUT2D eigenvalue weighted by Gasteiger charge is -2.50. The van der Waals surface area contributed by atoms with Gasteiger partial charge in [-0.25, -0.2) is 0 Å². The summed E-state index contributed by atoms with van der Waals surface area (Å²) < 4.78 is 0. The standard InChI is InChI=1S/C20H28N4O2/c1-16(25)22-10-8-20(9-11-22)23-13-12-21(2)15-18(23)19(26)24(20)14-17-6-4-3-5-7-17/h3-7,18H,8-15H2,1-2H3/t18-/m1/s1. The number of hydrogen-bond acceptors (Lipinski definition) is 4. The van der Waals surface area contributed by atoms with Crippen LogP contribution in [0.25, 0.3) is 0 Å². The van der Waals surface area contributed by atoms with Crippen LogP contribution in [0.2, 0.25) is 0 Å². The van der Waals surface area contributed by atoms with Crippen LogP contribution in [0.3, 0.4) is 0 Å². The van der Waals surface area contributed by atoms with Crippen LogP contribution in [-0.2, 0) is 16.1 Å². The van der Waals surface area contributed by atoms with E-state index < -0.39 is 0 Å². The summed E-state index contributed by atoms with van der Waals surface area (Å²) in [5.74, 6) is 0.380. The van der Waals surface area contributed by atoms with Crippen molar-refractivity contribution in [2.45, 2.75) is 38.0 Å². The smallest absolute Gasteiger partial charge is 0.243 e. The largest absolute Gasteiger partial charge is 0.343 e. The Morgan fingerprint density at radius 3 is 2.46 bits per heavy atom. The maximum Gasteiger partial charge on any atom is 0.243 e. The number of nitrogens with zero attached hydrogens (tertiary/aromatic N) is 4. The molecule has 0 bridgehead atoms. The summed E-state index contributed by atoms with van der Waals surface area (Å²) in [6, 6.07) is 10.2. The Labute approximate surface area is 155 Å². The third kappa shape index (κ3) is 2.81. The van der Waals surface area contributed by atoms with Gasteiger partial charge in [0.1, 0.15) is 11.7 Å². The van der Waals surface area contributed by atoms with Crippen molar-refractivity contribution in [1.29, 1.82) is 0 Å². The van der Waals surface area contributed by atoms with Crippen molar-refractivity contribution in [3.05, 3.63) is 35.9 Å². The number of piperazine rings is 1. The Morgan fingerprint density at radius 2 is 1.81 bits per heavy atom. The molecule has 0 unspecified atom stereocenters. The highest BCUT2D eigenvalue weighted by Gasteiger charge is 2.58. The monoisotopic (exact) mass is 356 g/mol. The molecule has 3 fully saturated rings. The second-order valence-electron chi connectivity index (χ2n) is 7.87. The summed E-state index contributed by atoms with van der Waals surface area (Å²) in [7, 11) is 2.09. The minimum Gasteiger partial charge on any atom is -0.343 e. The lowest BCUT2D eigenvalue weighted by atomic mass is 9.93. The van der Waals surface area contributed by atoms with Crippen LogP contribution in [0, 0.1) is 0 Å². The van der Waals surface area contributed by atoms with Crippen molar-refractivity contribution in [3.63, 3.8) is 0 Å². The molecule has 26 heavy (non-hydrogen) atoms. The molecule has 1 spiro atoms. The maximum atomic E-state index is 13.4. The van der Waals surface area contributed by atoms with Gasteiger partial charge in [0.15, 0.2) is 0 Å². The van der Waals surface area contributed by atoms with Gasteiger partial charge in [0.2, 0.25) is 11.8 Å². The average Bonchev–Trinajstić information content (AvgIpc) is 2.85. The van der Waals surface area contributed by atoms with Crippen LogP contribution in [0.5, 0.6) is 0 Å². The average molecular weight is 356 g/mol. The van der Waals surface area contributed by atoms with Gasteiger partial charge in [-0.2, -0.15) is 0 Å². The molecule has 0 radical (unpaired) electrons. The number of piperidine rings is 1.